The van der Waals surface area contributed by atoms with Crippen LogP contribution in [0.5, 0.6) is 0 Å². The average Bonchev–Trinajstić information content (AvgIpc) is 2.27. The standard InChI is InChI=1S/C15H29NO2/c1-5-11-7-6-8-12(9-11)18-14(17)10-13(16)15(2,3)4/h11-13H,5-10,16H2,1-4H3. The molecule has 0 aromatic carbocycles. The third kappa shape index (κ3) is 4.97. The van der Waals surface area contributed by atoms with Crippen molar-refractivity contribution in [1.29, 1.82) is 0 Å². The normalized spacial score (nSPS) is 26.7. The van der Waals surface area contributed by atoms with Gasteiger partial charge in [-0.25, -0.2) is 0 Å². The van der Waals surface area contributed by atoms with E-state index < -0.39 is 0 Å². The molecule has 2 N–H and O–H groups in total. The Morgan fingerprint density at radius 2 is 2.06 bits per heavy atom. The van der Waals surface area contributed by atoms with Crippen LogP contribution in [-0.2, 0) is 9.53 Å². The van der Waals surface area contributed by atoms with Crippen molar-refractivity contribution in [3.05, 3.63) is 0 Å². The van der Waals surface area contributed by atoms with Gasteiger partial charge < -0.3 is 10.5 Å². The van der Waals surface area contributed by atoms with Crippen LogP contribution in [0.15, 0.2) is 0 Å². The first kappa shape index (κ1) is 15.5. The van der Waals surface area contributed by atoms with Crippen LogP contribution in [0, 0.1) is 11.3 Å². The molecule has 1 fully saturated rings. The minimum absolute atomic E-state index is 0.0441. The van der Waals surface area contributed by atoms with E-state index in [4.69, 9.17) is 10.5 Å². The van der Waals surface area contributed by atoms with E-state index in [2.05, 4.69) is 27.7 Å². The number of carbonyl (C=O) groups excluding carboxylic acids is 1. The van der Waals surface area contributed by atoms with Crippen LogP contribution < -0.4 is 5.73 Å². The summed E-state index contributed by atoms with van der Waals surface area (Å²) in [5.74, 6) is 0.604. The van der Waals surface area contributed by atoms with Gasteiger partial charge in [-0.3, -0.25) is 4.79 Å². The van der Waals surface area contributed by atoms with E-state index in [1.54, 1.807) is 0 Å². The molecule has 1 rings (SSSR count). The number of rotatable bonds is 4. The summed E-state index contributed by atoms with van der Waals surface area (Å²) in [6.45, 7) is 8.38. The summed E-state index contributed by atoms with van der Waals surface area (Å²) in [7, 11) is 0. The van der Waals surface area contributed by atoms with Gasteiger partial charge in [0.15, 0.2) is 0 Å². The summed E-state index contributed by atoms with van der Waals surface area (Å²) in [5.41, 5.74) is 5.97. The Labute approximate surface area is 111 Å². The molecule has 3 nitrogen and oxygen atoms in total. The molecule has 0 amide bonds. The van der Waals surface area contributed by atoms with E-state index in [9.17, 15) is 4.79 Å². The maximum absolute atomic E-state index is 11.9. The van der Waals surface area contributed by atoms with Gasteiger partial charge in [0.05, 0.1) is 6.42 Å². The van der Waals surface area contributed by atoms with Crippen molar-refractivity contribution in [2.75, 3.05) is 0 Å². The monoisotopic (exact) mass is 255 g/mol. The van der Waals surface area contributed by atoms with Crippen LogP contribution in [0.4, 0.5) is 0 Å². The third-order valence-electron chi connectivity index (χ3n) is 4.11. The fraction of sp³-hybridized carbons (Fsp3) is 0.933. The lowest BCUT2D eigenvalue weighted by atomic mass is 9.85. The quantitative estimate of drug-likeness (QED) is 0.784. The van der Waals surface area contributed by atoms with E-state index >= 15 is 0 Å². The Kier molecular flexibility index (Phi) is 5.64. The van der Waals surface area contributed by atoms with Gasteiger partial charge >= 0.3 is 5.97 Å². The maximum Gasteiger partial charge on any atom is 0.307 e. The van der Waals surface area contributed by atoms with Crippen molar-refractivity contribution in [1.82, 2.24) is 0 Å². The Morgan fingerprint density at radius 1 is 1.39 bits per heavy atom. The number of hydrogen-bond acceptors (Lipinski definition) is 3. The van der Waals surface area contributed by atoms with Gasteiger partial charge in [-0.2, -0.15) is 0 Å². The summed E-state index contributed by atoms with van der Waals surface area (Å²) >= 11 is 0. The van der Waals surface area contributed by atoms with Gasteiger partial charge in [0.25, 0.3) is 0 Å². The van der Waals surface area contributed by atoms with Crippen molar-refractivity contribution in [2.24, 2.45) is 17.1 Å². The molecular formula is C15H29NO2. The molecule has 0 aromatic heterocycles. The molecule has 0 spiro atoms. The first-order valence-electron chi connectivity index (χ1n) is 7.28. The fourth-order valence-electron chi connectivity index (χ4n) is 2.44. The summed E-state index contributed by atoms with van der Waals surface area (Å²) in [6, 6.07) is -0.129. The van der Waals surface area contributed by atoms with Crippen molar-refractivity contribution in [3.63, 3.8) is 0 Å². The summed E-state index contributed by atoms with van der Waals surface area (Å²) in [6.07, 6.45) is 6.17. The second kappa shape index (κ2) is 6.55. The Balaban J connectivity index is 2.36. The lowest BCUT2D eigenvalue weighted by Gasteiger charge is -2.30. The highest BCUT2D eigenvalue weighted by Gasteiger charge is 2.27. The summed E-state index contributed by atoms with van der Waals surface area (Å²) in [4.78, 5) is 11.9. The molecule has 0 aliphatic heterocycles. The summed E-state index contributed by atoms with van der Waals surface area (Å²) in [5, 5.41) is 0. The molecule has 1 aliphatic carbocycles. The molecule has 0 bridgehead atoms. The molecule has 3 unspecified atom stereocenters. The van der Waals surface area contributed by atoms with E-state index in [1.165, 1.54) is 19.3 Å². The molecule has 1 aliphatic rings. The van der Waals surface area contributed by atoms with E-state index in [1.807, 2.05) is 0 Å². The first-order valence-corrected chi connectivity index (χ1v) is 7.28. The molecular weight excluding hydrogens is 226 g/mol. The highest BCUT2D eigenvalue weighted by atomic mass is 16.5. The lowest BCUT2D eigenvalue weighted by Crippen LogP contribution is -2.38. The van der Waals surface area contributed by atoms with Crippen molar-refractivity contribution >= 4 is 5.97 Å². The smallest absolute Gasteiger partial charge is 0.307 e. The number of ether oxygens (including phenoxy) is 1. The number of carbonyl (C=O) groups is 1. The second-order valence-corrected chi connectivity index (χ2v) is 6.73. The molecule has 106 valence electrons. The molecule has 3 heteroatoms. The lowest BCUT2D eigenvalue weighted by molar-refractivity contribution is -0.152. The van der Waals surface area contributed by atoms with E-state index in [0.717, 1.165) is 18.8 Å². The maximum atomic E-state index is 11.9. The second-order valence-electron chi connectivity index (χ2n) is 6.73. The van der Waals surface area contributed by atoms with Gasteiger partial charge in [0.1, 0.15) is 6.10 Å². The van der Waals surface area contributed by atoms with Gasteiger partial charge in [0.2, 0.25) is 0 Å². The molecule has 0 saturated heterocycles. The van der Waals surface area contributed by atoms with Crippen LogP contribution in [-0.4, -0.2) is 18.1 Å². The molecule has 3 atom stereocenters. The van der Waals surface area contributed by atoms with Crippen molar-refractivity contribution in [2.45, 2.75) is 78.4 Å². The van der Waals surface area contributed by atoms with Crippen LogP contribution in [0.3, 0.4) is 0 Å². The topological polar surface area (TPSA) is 52.3 Å². The minimum Gasteiger partial charge on any atom is -0.462 e. The Hall–Kier alpha value is -0.570. The van der Waals surface area contributed by atoms with Crippen molar-refractivity contribution < 1.29 is 9.53 Å². The van der Waals surface area contributed by atoms with Gasteiger partial charge in [0, 0.05) is 6.04 Å². The fourth-order valence-corrected chi connectivity index (χ4v) is 2.44. The first-order chi connectivity index (χ1) is 8.32. The zero-order valence-corrected chi connectivity index (χ0v) is 12.4. The van der Waals surface area contributed by atoms with Gasteiger partial charge in [-0.1, -0.05) is 40.5 Å². The molecule has 0 radical (unpaired) electrons. The number of hydrogen-bond donors (Lipinski definition) is 1. The number of nitrogens with two attached hydrogens (primary N) is 1. The highest BCUT2D eigenvalue weighted by molar-refractivity contribution is 5.70. The van der Waals surface area contributed by atoms with Crippen LogP contribution in [0.2, 0.25) is 0 Å². The van der Waals surface area contributed by atoms with Gasteiger partial charge in [-0.05, 0) is 30.6 Å². The molecule has 1 saturated carbocycles. The zero-order valence-electron chi connectivity index (χ0n) is 12.4. The van der Waals surface area contributed by atoms with Crippen LogP contribution >= 0.6 is 0 Å². The summed E-state index contributed by atoms with van der Waals surface area (Å²) < 4.78 is 5.57. The zero-order chi connectivity index (χ0) is 13.8. The van der Waals surface area contributed by atoms with E-state index in [0.29, 0.717) is 6.42 Å². The van der Waals surface area contributed by atoms with E-state index in [-0.39, 0.29) is 23.5 Å². The van der Waals surface area contributed by atoms with Crippen LogP contribution in [0.1, 0.15) is 66.2 Å². The molecule has 18 heavy (non-hydrogen) atoms. The van der Waals surface area contributed by atoms with Crippen LogP contribution in [0.25, 0.3) is 0 Å². The number of esters is 1. The third-order valence-corrected chi connectivity index (χ3v) is 4.11. The predicted molar refractivity (Wildman–Crippen MR) is 74.2 cm³/mol. The van der Waals surface area contributed by atoms with Crippen molar-refractivity contribution in [3.8, 4) is 0 Å². The largest absolute Gasteiger partial charge is 0.462 e. The predicted octanol–water partition coefficient (Wildman–Crippen LogP) is 3.26. The SMILES string of the molecule is CCC1CCCC(OC(=O)CC(N)C(C)(C)C)C1. The average molecular weight is 255 g/mol. The van der Waals surface area contributed by atoms with Gasteiger partial charge in [-0.15, -0.1) is 0 Å². The Bertz CT molecular complexity index is 270. The molecule has 0 aromatic rings. The molecule has 0 heterocycles. The minimum atomic E-state index is -0.129. The highest BCUT2D eigenvalue weighted by Crippen LogP contribution is 2.29. The Morgan fingerprint density at radius 3 is 2.61 bits per heavy atom.